The first-order valence-corrected chi connectivity index (χ1v) is 3.34. The topological polar surface area (TPSA) is 26.3 Å². The average Bonchev–Trinajstić information content (AvgIpc) is 1.87. The highest BCUT2D eigenvalue weighted by Gasteiger charge is 1.97. The summed E-state index contributed by atoms with van der Waals surface area (Å²) in [6, 6.07) is 0. The second-order valence-electron chi connectivity index (χ2n) is 2.59. The zero-order valence-corrected chi connectivity index (χ0v) is 6.59. The Morgan fingerprint density at radius 2 is 2.40 bits per heavy atom. The van der Waals surface area contributed by atoms with Crippen LogP contribution in [0.15, 0.2) is 12.2 Å². The van der Waals surface area contributed by atoms with Gasteiger partial charge in [-0.15, -0.1) is 0 Å². The van der Waals surface area contributed by atoms with Gasteiger partial charge in [0, 0.05) is 5.92 Å². The molecule has 0 aromatic heterocycles. The third-order valence-corrected chi connectivity index (χ3v) is 0.962. The van der Waals surface area contributed by atoms with Crippen molar-refractivity contribution < 1.29 is 9.53 Å². The normalized spacial score (nSPS) is 12.6. The third kappa shape index (κ3) is 5.51. The molecule has 0 saturated heterocycles. The van der Waals surface area contributed by atoms with E-state index in [1.807, 2.05) is 13.8 Å². The number of aldehydes is 1. The lowest BCUT2D eigenvalue weighted by atomic mass is 10.2. The van der Waals surface area contributed by atoms with E-state index in [2.05, 4.69) is 6.58 Å². The van der Waals surface area contributed by atoms with E-state index in [9.17, 15) is 4.79 Å². The second-order valence-corrected chi connectivity index (χ2v) is 2.59. The Kier molecular flexibility index (Phi) is 4.85. The Hall–Kier alpha value is -0.630. The number of hydrogen-bond acceptors (Lipinski definition) is 2. The van der Waals surface area contributed by atoms with Crippen molar-refractivity contribution in [2.24, 2.45) is 5.92 Å². The van der Waals surface area contributed by atoms with Crippen LogP contribution in [-0.2, 0) is 9.53 Å². The lowest BCUT2D eigenvalue weighted by molar-refractivity contribution is -0.112. The Bertz CT molecular complexity index is 118. The molecule has 0 fully saturated rings. The van der Waals surface area contributed by atoms with Crippen molar-refractivity contribution in [2.45, 2.75) is 13.8 Å². The summed E-state index contributed by atoms with van der Waals surface area (Å²) < 4.78 is 5.12. The van der Waals surface area contributed by atoms with Crippen LogP contribution in [0.2, 0.25) is 0 Å². The molecule has 0 aromatic rings. The van der Waals surface area contributed by atoms with Gasteiger partial charge in [0.1, 0.15) is 6.29 Å². The van der Waals surface area contributed by atoms with Gasteiger partial charge in [-0.3, -0.25) is 0 Å². The fourth-order valence-corrected chi connectivity index (χ4v) is 0.458. The molecule has 1 atom stereocenters. The summed E-state index contributed by atoms with van der Waals surface area (Å²) in [5.41, 5.74) is 0.984. The first-order valence-electron chi connectivity index (χ1n) is 3.34. The van der Waals surface area contributed by atoms with Gasteiger partial charge in [0.2, 0.25) is 0 Å². The predicted octanol–water partition coefficient (Wildman–Crippen LogP) is 1.41. The van der Waals surface area contributed by atoms with Crippen LogP contribution in [0.4, 0.5) is 0 Å². The van der Waals surface area contributed by atoms with Crippen LogP contribution in [0.5, 0.6) is 0 Å². The summed E-state index contributed by atoms with van der Waals surface area (Å²) in [4.78, 5) is 10.1. The van der Waals surface area contributed by atoms with Crippen LogP contribution in [0.1, 0.15) is 13.8 Å². The van der Waals surface area contributed by atoms with Gasteiger partial charge in [-0.1, -0.05) is 19.1 Å². The van der Waals surface area contributed by atoms with Crippen molar-refractivity contribution in [3.05, 3.63) is 12.2 Å². The smallest absolute Gasteiger partial charge is 0.125 e. The minimum Gasteiger partial charge on any atom is -0.376 e. The van der Waals surface area contributed by atoms with Gasteiger partial charge in [-0.05, 0) is 6.92 Å². The highest BCUT2D eigenvalue weighted by molar-refractivity contribution is 5.52. The molecule has 10 heavy (non-hydrogen) atoms. The van der Waals surface area contributed by atoms with Gasteiger partial charge in [0.25, 0.3) is 0 Å². The molecule has 0 rings (SSSR count). The quantitative estimate of drug-likeness (QED) is 0.428. The largest absolute Gasteiger partial charge is 0.376 e. The zero-order valence-electron chi connectivity index (χ0n) is 6.59. The molecule has 0 amide bonds. The molecule has 0 aliphatic rings. The predicted molar refractivity (Wildman–Crippen MR) is 40.9 cm³/mol. The van der Waals surface area contributed by atoms with Crippen LogP contribution >= 0.6 is 0 Å². The molecule has 0 aliphatic carbocycles. The van der Waals surface area contributed by atoms with Gasteiger partial charge >= 0.3 is 0 Å². The molecular formula is C8H14O2. The molecule has 1 unspecified atom stereocenters. The molecule has 0 spiro atoms. The summed E-state index contributed by atoms with van der Waals surface area (Å²) in [6.07, 6.45) is 0.887. The summed E-state index contributed by atoms with van der Waals surface area (Å²) in [6.45, 7) is 8.43. The van der Waals surface area contributed by atoms with Crippen LogP contribution in [-0.4, -0.2) is 19.5 Å². The Morgan fingerprint density at radius 3 is 2.80 bits per heavy atom. The highest BCUT2D eigenvalue weighted by Crippen LogP contribution is 1.93. The molecule has 0 heterocycles. The average molecular weight is 142 g/mol. The van der Waals surface area contributed by atoms with E-state index < -0.39 is 0 Å². The minimum absolute atomic E-state index is 0.000602. The van der Waals surface area contributed by atoms with Crippen molar-refractivity contribution in [1.29, 1.82) is 0 Å². The standard InChI is InChI=1S/C8H14O2/c1-7(2)5-10-6-8(3)4-9/h4,8H,1,5-6H2,2-3H3. The Balaban J connectivity index is 3.19. The SMILES string of the molecule is C=C(C)COCC(C)C=O. The molecule has 0 aromatic carbocycles. The summed E-state index contributed by atoms with van der Waals surface area (Å²) >= 11 is 0. The highest BCUT2D eigenvalue weighted by atomic mass is 16.5. The van der Waals surface area contributed by atoms with Crippen molar-refractivity contribution in [1.82, 2.24) is 0 Å². The van der Waals surface area contributed by atoms with Crippen molar-refractivity contribution in [3.63, 3.8) is 0 Å². The van der Waals surface area contributed by atoms with Crippen LogP contribution < -0.4 is 0 Å². The van der Waals surface area contributed by atoms with Gasteiger partial charge in [-0.2, -0.15) is 0 Å². The van der Waals surface area contributed by atoms with Gasteiger partial charge < -0.3 is 9.53 Å². The maximum atomic E-state index is 10.1. The van der Waals surface area contributed by atoms with Crippen molar-refractivity contribution >= 4 is 6.29 Å². The zero-order chi connectivity index (χ0) is 7.98. The van der Waals surface area contributed by atoms with Crippen LogP contribution in [0.3, 0.4) is 0 Å². The van der Waals surface area contributed by atoms with E-state index in [1.54, 1.807) is 0 Å². The number of rotatable bonds is 5. The molecular weight excluding hydrogens is 128 g/mol. The van der Waals surface area contributed by atoms with E-state index in [0.717, 1.165) is 11.9 Å². The van der Waals surface area contributed by atoms with Gasteiger partial charge in [0.15, 0.2) is 0 Å². The van der Waals surface area contributed by atoms with Gasteiger partial charge in [0.05, 0.1) is 13.2 Å². The number of carbonyl (C=O) groups is 1. The van der Waals surface area contributed by atoms with Crippen molar-refractivity contribution in [2.75, 3.05) is 13.2 Å². The summed E-state index contributed by atoms with van der Waals surface area (Å²) in [5, 5.41) is 0. The van der Waals surface area contributed by atoms with E-state index in [1.165, 1.54) is 0 Å². The fourth-order valence-electron chi connectivity index (χ4n) is 0.458. The third-order valence-electron chi connectivity index (χ3n) is 0.962. The van der Waals surface area contributed by atoms with E-state index >= 15 is 0 Å². The molecule has 2 heteroatoms. The van der Waals surface area contributed by atoms with E-state index in [4.69, 9.17) is 4.74 Å². The number of ether oxygens (including phenoxy) is 1. The number of hydrogen-bond donors (Lipinski definition) is 0. The molecule has 0 bridgehead atoms. The Labute approximate surface area is 61.9 Å². The van der Waals surface area contributed by atoms with Crippen LogP contribution in [0.25, 0.3) is 0 Å². The van der Waals surface area contributed by atoms with Gasteiger partial charge in [-0.25, -0.2) is 0 Å². The lowest BCUT2D eigenvalue weighted by Gasteiger charge is -2.04. The van der Waals surface area contributed by atoms with E-state index in [-0.39, 0.29) is 5.92 Å². The first-order chi connectivity index (χ1) is 4.66. The maximum absolute atomic E-state index is 10.1. The molecule has 0 saturated carbocycles. The Morgan fingerprint density at radius 1 is 1.80 bits per heavy atom. The van der Waals surface area contributed by atoms with Crippen LogP contribution in [0, 0.1) is 5.92 Å². The molecule has 0 radical (unpaired) electrons. The summed E-state index contributed by atoms with van der Waals surface area (Å²) in [7, 11) is 0. The monoisotopic (exact) mass is 142 g/mol. The lowest BCUT2D eigenvalue weighted by Crippen LogP contribution is -2.07. The van der Waals surface area contributed by atoms with E-state index in [0.29, 0.717) is 13.2 Å². The molecule has 58 valence electrons. The first kappa shape index (κ1) is 9.37. The summed E-state index contributed by atoms with van der Waals surface area (Å²) in [5.74, 6) is -0.000602. The molecule has 0 N–H and O–H groups in total. The molecule has 2 nitrogen and oxygen atoms in total. The number of carbonyl (C=O) groups excluding carboxylic acids is 1. The minimum atomic E-state index is -0.000602. The van der Waals surface area contributed by atoms with Crippen molar-refractivity contribution in [3.8, 4) is 0 Å². The molecule has 0 aliphatic heterocycles. The second kappa shape index (κ2) is 5.18. The maximum Gasteiger partial charge on any atom is 0.125 e. The fraction of sp³-hybridized carbons (Fsp3) is 0.625.